The summed E-state index contributed by atoms with van der Waals surface area (Å²) in [6, 6.07) is 14.5. The normalized spacial score (nSPS) is 23.4. The van der Waals surface area contributed by atoms with Crippen LogP contribution in [0.4, 0.5) is 5.69 Å². The molecule has 0 radical (unpaired) electrons. The van der Waals surface area contributed by atoms with Gasteiger partial charge in [-0.2, -0.15) is 0 Å². The zero-order valence-electron chi connectivity index (χ0n) is 9.69. The van der Waals surface area contributed by atoms with Crippen molar-refractivity contribution in [1.29, 1.82) is 0 Å². The topological polar surface area (TPSA) is 21.3 Å². The second-order valence-electron chi connectivity index (χ2n) is 4.83. The van der Waals surface area contributed by atoms with E-state index in [1.807, 2.05) is 18.2 Å². The van der Waals surface area contributed by atoms with E-state index < -0.39 is 0 Å². The van der Waals surface area contributed by atoms with Crippen LogP contribution in [0.15, 0.2) is 42.5 Å². The van der Waals surface area contributed by atoms with Crippen molar-refractivity contribution in [3.63, 3.8) is 0 Å². The minimum atomic E-state index is 0.120. The number of fused-ring (bicyclic) bond motifs is 4. The van der Waals surface area contributed by atoms with Gasteiger partial charge in [-0.05, 0) is 35.7 Å². The van der Waals surface area contributed by atoms with Crippen LogP contribution in [0.5, 0.6) is 5.75 Å². The van der Waals surface area contributed by atoms with Gasteiger partial charge in [-0.15, -0.1) is 0 Å². The zero-order valence-corrected chi connectivity index (χ0v) is 10.4. The first-order valence-corrected chi connectivity index (χ1v) is 6.49. The lowest BCUT2D eigenvalue weighted by atomic mass is 10.1. The van der Waals surface area contributed by atoms with Gasteiger partial charge in [-0.25, -0.2) is 0 Å². The predicted molar refractivity (Wildman–Crippen MR) is 72.4 cm³/mol. The first-order valence-electron chi connectivity index (χ1n) is 6.12. The molecule has 2 aromatic carbocycles. The summed E-state index contributed by atoms with van der Waals surface area (Å²) in [6.45, 7) is 0. The molecule has 0 spiro atoms. The highest BCUT2D eigenvalue weighted by Gasteiger charge is 2.37. The molecule has 2 aromatic rings. The van der Waals surface area contributed by atoms with E-state index in [1.165, 1.54) is 11.1 Å². The molecule has 0 aromatic heterocycles. The second-order valence-corrected chi connectivity index (χ2v) is 5.27. The van der Waals surface area contributed by atoms with Crippen molar-refractivity contribution in [2.24, 2.45) is 0 Å². The van der Waals surface area contributed by atoms with Gasteiger partial charge < -0.3 is 10.1 Å². The fourth-order valence-electron chi connectivity index (χ4n) is 2.88. The van der Waals surface area contributed by atoms with Gasteiger partial charge in [0.2, 0.25) is 0 Å². The maximum Gasteiger partial charge on any atom is 0.144 e. The van der Waals surface area contributed by atoms with Crippen molar-refractivity contribution in [2.75, 3.05) is 5.32 Å². The van der Waals surface area contributed by atoms with Gasteiger partial charge in [0.05, 0.1) is 11.7 Å². The SMILES string of the molecule is Clc1ccc2c(c1)NC1Cc3ccccc3C1O2. The molecular weight excluding hydrogens is 246 g/mol. The van der Waals surface area contributed by atoms with Crippen molar-refractivity contribution in [3.05, 3.63) is 58.6 Å². The Balaban J connectivity index is 1.77. The number of hydrogen-bond donors (Lipinski definition) is 1. The van der Waals surface area contributed by atoms with Crippen LogP contribution in [-0.2, 0) is 6.42 Å². The fourth-order valence-corrected chi connectivity index (χ4v) is 3.06. The van der Waals surface area contributed by atoms with Crippen molar-refractivity contribution >= 4 is 17.3 Å². The average molecular weight is 258 g/mol. The first kappa shape index (κ1) is 10.3. The van der Waals surface area contributed by atoms with Crippen molar-refractivity contribution < 1.29 is 4.74 Å². The Bertz CT molecular complexity index is 626. The van der Waals surface area contributed by atoms with E-state index in [2.05, 4.69) is 29.6 Å². The summed E-state index contributed by atoms with van der Waals surface area (Å²) in [4.78, 5) is 0. The summed E-state index contributed by atoms with van der Waals surface area (Å²) in [6.07, 6.45) is 1.13. The summed E-state index contributed by atoms with van der Waals surface area (Å²) < 4.78 is 6.12. The van der Waals surface area contributed by atoms with E-state index >= 15 is 0 Å². The van der Waals surface area contributed by atoms with E-state index in [1.54, 1.807) is 0 Å². The van der Waals surface area contributed by atoms with Crippen molar-refractivity contribution in [2.45, 2.75) is 18.6 Å². The van der Waals surface area contributed by atoms with Gasteiger partial charge in [0.1, 0.15) is 11.9 Å². The maximum atomic E-state index is 6.12. The number of hydrogen-bond acceptors (Lipinski definition) is 2. The molecule has 1 N–H and O–H groups in total. The van der Waals surface area contributed by atoms with Crippen LogP contribution in [-0.4, -0.2) is 6.04 Å². The molecule has 3 heteroatoms. The van der Waals surface area contributed by atoms with Crippen LogP contribution in [0.3, 0.4) is 0 Å². The lowest BCUT2D eigenvalue weighted by Gasteiger charge is -2.31. The standard InChI is InChI=1S/C15H12ClNO/c16-10-5-6-14-12(8-10)17-13-7-9-3-1-2-4-11(9)15(13)18-14/h1-6,8,13,15,17H,7H2. The molecule has 2 nitrogen and oxygen atoms in total. The van der Waals surface area contributed by atoms with E-state index in [9.17, 15) is 0 Å². The Hall–Kier alpha value is -1.67. The van der Waals surface area contributed by atoms with Gasteiger partial charge >= 0.3 is 0 Å². The van der Waals surface area contributed by atoms with Crippen LogP contribution in [0, 0.1) is 0 Å². The van der Waals surface area contributed by atoms with Crippen LogP contribution >= 0.6 is 11.6 Å². The Kier molecular flexibility index (Phi) is 2.09. The van der Waals surface area contributed by atoms with Gasteiger partial charge in [-0.1, -0.05) is 35.9 Å². The molecule has 1 aliphatic carbocycles. The minimum absolute atomic E-state index is 0.120. The quantitative estimate of drug-likeness (QED) is 0.775. The number of nitrogens with one attached hydrogen (secondary N) is 1. The summed E-state index contributed by atoms with van der Waals surface area (Å²) in [7, 11) is 0. The third-order valence-corrected chi connectivity index (χ3v) is 3.94. The Morgan fingerprint density at radius 3 is 3.00 bits per heavy atom. The number of rotatable bonds is 0. The molecular formula is C15H12ClNO. The molecule has 2 unspecified atom stereocenters. The first-order chi connectivity index (χ1) is 8.81. The van der Waals surface area contributed by atoms with E-state index in [-0.39, 0.29) is 6.10 Å². The monoisotopic (exact) mass is 257 g/mol. The maximum absolute atomic E-state index is 6.12. The molecule has 1 aliphatic heterocycles. The summed E-state index contributed by atoms with van der Waals surface area (Å²) in [5.41, 5.74) is 3.67. The molecule has 0 saturated heterocycles. The number of benzene rings is 2. The summed E-state index contributed by atoms with van der Waals surface area (Å²) in [5.74, 6) is 0.886. The Morgan fingerprint density at radius 1 is 1.17 bits per heavy atom. The molecule has 2 atom stereocenters. The third-order valence-electron chi connectivity index (χ3n) is 3.70. The van der Waals surface area contributed by atoms with Gasteiger partial charge in [0, 0.05) is 5.02 Å². The lowest BCUT2D eigenvalue weighted by molar-refractivity contribution is 0.184. The molecule has 0 fully saturated rings. The smallest absolute Gasteiger partial charge is 0.144 e. The molecule has 0 amide bonds. The zero-order chi connectivity index (χ0) is 12.1. The highest BCUT2D eigenvalue weighted by atomic mass is 35.5. The molecule has 4 rings (SSSR count). The molecule has 2 aliphatic rings. The molecule has 0 saturated carbocycles. The molecule has 18 heavy (non-hydrogen) atoms. The van der Waals surface area contributed by atoms with Crippen LogP contribution < -0.4 is 10.1 Å². The van der Waals surface area contributed by atoms with E-state index in [0.717, 1.165) is 22.9 Å². The lowest BCUT2D eigenvalue weighted by Crippen LogP contribution is -2.32. The van der Waals surface area contributed by atoms with Crippen LogP contribution in [0.25, 0.3) is 0 Å². The van der Waals surface area contributed by atoms with Gasteiger partial charge in [0.15, 0.2) is 0 Å². The minimum Gasteiger partial charge on any atom is -0.481 e. The molecule has 1 heterocycles. The van der Waals surface area contributed by atoms with Crippen LogP contribution in [0.1, 0.15) is 17.2 Å². The summed E-state index contributed by atoms with van der Waals surface area (Å²) in [5, 5.41) is 4.27. The Morgan fingerprint density at radius 2 is 2.06 bits per heavy atom. The second kappa shape index (κ2) is 3.66. The molecule has 0 bridgehead atoms. The number of ether oxygens (including phenoxy) is 1. The predicted octanol–water partition coefficient (Wildman–Crippen LogP) is 3.81. The van der Waals surface area contributed by atoms with E-state index in [0.29, 0.717) is 6.04 Å². The largest absolute Gasteiger partial charge is 0.481 e. The fraction of sp³-hybridized carbons (Fsp3) is 0.200. The van der Waals surface area contributed by atoms with Gasteiger partial charge in [-0.3, -0.25) is 0 Å². The van der Waals surface area contributed by atoms with E-state index in [4.69, 9.17) is 16.3 Å². The average Bonchev–Trinajstić information content (AvgIpc) is 2.73. The number of anilines is 1. The molecule has 90 valence electrons. The highest BCUT2D eigenvalue weighted by molar-refractivity contribution is 6.30. The highest BCUT2D eigenvalue weighted by Crippen LogP contribution is 2.43. The van der Waals surface area contributed by atoms with Gasteiger partial charge in [0.25, 0.3) is 0 Å². The Labute approximate surface area is 111 Å². The van der Waals surface area contributed by atoms with Crippen molar-refractivity contribution in [1.82, 2.24) is 0 Å². The van der Waals surface area contributed by atoms with Crippen LogP contribution in [0.2, 0.25) is 5.02 Å². The van der Waals surface area contributed by atoms with Crippen molar-refractivity contribution in [3.8, 4) is 5.75 Å². The summed E-state index contributed by atoms with van der Waals surface area (Å²) >= 11 is 6.01. The third kappa shape index (κ3) is 1.42. The number of halogens is 1.